The molecule has 41 heteroatoms. The number of piperidine rings is 2. The van der Waals surface area contributed by atoms with Gasteiger partial charge < -0.3 is 101 Å². The largest absolute Gasteiger partial charge is 0.508 e. The average molecular weight is 1920 g/mol. The Hall–Kier alpha value is -10.4. The molecule has 3 saturated heterocycles. The Balaban J connectivity index is 0.0000197. The number of aromatic nitrogens is 6. The molecule has 5 heterocycles. The van der Waals surface area contributed by atoms with Crippen molar-refractivity contribution in [3.05, 3.63) is 95.6 Å². The van der Waals surface area contributed by atoms with E-state index in [1.165, 1.54) is 21.3 Å². The first-order chi connectivity index (χ1) is 60.1. The SMILES string of the molecule is CCNC(=O)c1nnc(-c2cc(C(C)C)c(O)cc2O)n1-c1ccc(OC2CCN(C(=O)CCNC(=O)[C@@H](CCC(=O)N3CCC(Oc4ccc(-n5c(C(=O)NCC)nnc5-c5cc(C(C)C)c(O)cc5O)cc4)CC3)NC(=O)CCOCCOCCOCCOCCNC(=O)CN3CCN(CC(=O)O)CCN(CC(=O)O)CCN(CC(=O)O)CC3)CC2)cc1.[Lu]. The number of carbonyl (C=O) groups is 10. The maximum absolute atomic E-state index is 14.1. The van der Waals surface area contributed by atoms with Crippen LogP contribution in [0.4, 0.5) is 0 Å². The van der Waals surface area contributed by atoms with E-state index < -0.39 is 47.6 Å². The summed E-state index contributed by atoms with van der Waals surface area (Å²) in [5.41, 5.74) is 2.64. The first-order valence-corrected chi connectivity index (χ1v) is 42.4. The minimum Gasteiger partial charge on any atom is -0.508 e. The number of benzene rings is 4. The minimum absolute atomic E-state index is 0. The number of amides is 7. The number of hydrogen-bond acceptors (Lipinski definition) is 28. The molecule has 3 aliphatic heterocycles. The number of aromatic hydroxyl groups is 4. The zero-order chi connectivity index (χ0) is 90.1. The molecule has 0 unspecified atom stereocenters. The molecule has 6 aromatic rings. The van der Waals surface area contributed by atoms with Crippen molar-refractivity contribution >= 4 is 59.3 Å². The van der Waals surface area contributed by atoms with Crippen molar-refractivity contribution in [1.82, 2.24) is 85.5 Å². The quantitative estimate of drug-likeness (QED) is 0.0244. The number of phenols is 4. The normalized spacial score (nSPS) is 15.2. The van der Waals surface area contributed by atoms with Gasteiger partial charge >= 0.3 is 17.9 Å². The Labute approximate surface area is 760 Å². The van der Waals surface area contributed by atoms with Crippen molar-refractivity contribution in [2.24, 2.45) is 0 Å². The Bertz CT molecular complexity index is 4550. The van der Waals surface area contributed by atoms with Gasteiger partial charge in [0.2, 0.25) is 41.2 Å². The summed E-state index contributed by atoms with van der Waals surface area (Å²) in [6, 6.07) is 18.4. The summed E-state index contributed by atoms with van der Waals surface area (Å²) in [5, 5.41) is 103. The van der Waals surface area contributed by atoms with Gasteiger partial charge in [-0.25, -0.2) is 0 Å². The molecule has 4 aromatic carbocycles. The fraction of sp³-hybridized carbons (Fsp3) is 0.553. The second kappa shape index (κ2) is 51.4. The number of phenolic OH excluding ortho intramolecular Hbond substituents is 4. The molecule has 12 N–H and O–H groups in total. The Morgan fingerprint density at radius 1 is 0.421 bits per heavy atom. The van der Waals surface area contributed by atoms with Gasteiger partial charge in [0, 0.05) is 210 Å². The van der Waals surface area contributed by atoms with Gasteiger partial charge in [-0.2, -0.15) is 0 Å². The van der Waals surface area contributed by atoms with Gasteiger partial charge in [-0.3, -0.25) is 76.7 Å². The van der Waals surface area contributed by atoms with Gasteiger partial charge in [-0.05, 0) is 104 Å². The van der Waals surface area contributed by atoms with E-state index in [-0.39, 0.29) is 293 Å². The van der Waals surface area contributed by atoms with Gasteiger partial charge in [-0.1, -0.05) is 27.7 Å². The van der Waals surface area contributed by atoms with Crippen LogP contribution in [0.3, 0.4) is 0 Å². The predicted octanol–water partition coefficient (Wildman–Crippen LogP) is 3.01. The second-order valence-electron chi connectivity index (χ2n) is 31.2. The molecule has 126 heavy (non-hydrogen) atoms. The molecule has 0 spiro atoms. The number of ether oxygens (including phenoxy) is 6. The van der Waals surface area contributed by atoms with Gasteiger partial charge in [0.05, 0.1) is 90.2 Å². The van der Waals surface area contributed by atoms with Crippen LogP contribution in [-0.2, 0) is 57.3 Å². The van der Waals surface area contributed by atoms with Crippen molar-refractivity contribution in [3.63, 3.8) is 0 Å². The number of carbonyl (C=O) groups excluding carboxylic acids is 7. The minimum atomic E-state index is -1.16. The second-order valence-corrected chi connectivity index (χ2v) is 31.2. The van der Waals surface area contributed by atoms with E-state index in [2.05, 4.69) is 47.0 Å². The molecule has 7 amide bonds. The molecule has 697 valence electrons. The van der Waals surface area contributed by atoms with E-state index in [1.807, 2.05) is 32.6 Å². The standard InChI is InChI=1S/C85H119N17O23.Lu/c1-7-86-84(118)81-93-91-79(65-47-63(55(3)4)68(103)49-70(65)105)101(81)57-9-13-59(14-10-57)124-61-20-27-99(28-21-61)74(109)18-17-67(83(117)89-25-19-75(110)100-29-22-62(23-30-100)125-60-15-11-58(12-16-60)102-80(92-94-82(102)85(119)87-8-2)66-48-64(56(5)6)69(104)50-71(66)106)90-72(107)24-39-120-41-43-122-45-46-123-44-42-121-40-26-88-73(108)51-95-31-33-96(52-76(111)112)35-37-98(54-78(115)116)38-36-97(34-32-95)53-77(113)114;/h9-16,47-50,55-56,61-62,67,103-106H,7-8,17-46,51-54H2,1-6H3,(H,86,118)(H,87,119)(H,88,108)(H,89,117)(H,90,107)(H,111,112)(H,113,114)(H,115,116);/t67-;/m1./s1. The molecule has 9 rings (SSSR count). The maximum atomic E-state index is 14.1. The van der Waals surface area contributed by atoms with Gasteiger partial charge in [0.25, 0.3) is 11.8 Å². The fourth-order valence-corrected chi connectivity index (χ4v) is 14.6. The van der Waals surface area contributed by atoms with Crippen molar-refractivity contribution in [2.75, 3.05) is 184 Å². The molecule has 1 atom stereocenters. The summed E-state index contributed by atoms with van der Waals surface area (Å²) >= 11 is 0. The molecule has 0 saturated carbocycles. The van der Waals surface area contributed by atoms with Crippen LogP contribution in [-0.4, -0.2) is 356 Å². The Kier molecular flexibility index (Phi) is 41.2. The number of aliphatic carboxylic acids is 3. The van der Waals surface area contributed by atoms with Crippen LogP contribution in [0.5, 0.6) is 34.5 Å². The van der Waals surface area contributed by atoms with Crippen LogP contribution in [0.1, 0.15) is 137 Å². The third-order valence-corrected chi connectivity index (χ3v) is 21.3. The van der Waals surface area contributed by atoms with Crippen LogP contribution in [0.25, 0.3) is 34.2 Å². The molecular formula is C85H119LuN17O23. The average Bonchev–Trinajstić information content (AvgIpc) is 1.61. The van der Waals surface area contributed by atoms with Crippen LogP contribution >= 0.6 is 0 Å². The first kappa shape index (κ1) is 101. The predicted molar refractivity (Wildman–Crippen MR) is 453 cm³/mol. The molecule has 2 aromatic heterocycles. The molecule has 0 bridgehead atoms. The zero-order valence-electron chi connectivity index (χ0n) is 72.1. The van der Waals surface area contributed by atoms with Gasteiger partial charge in [0.1, 0.15) is 52.7 Å². The number of hydrogen-bond donors (Lipinski definition) is 12. The molecule has 3 aliphatic rings. The number of carboxylic acids is 3. The number of nitrogens with zero attached hydrogens (tertiary/aromatic N) is 12. The summed E-state index contributed by atoms with van der Waals surface area (Å²) in [6.45, 7) is 16.0. The molecule has 40 nitrogen and oxygen atoms in total. The first-order valence-electron chi connectivity index (χ1n) is 42.4. The number of carboxylic acid groups (broad SMARTS) is 3. The summed E-state index contributed by atoms with van der Waals surface area (Å²) in [4.78, 5) is 140. The van der Waals surface area contributed by atoms with Gasteiger partial charge in [-0.15, -0.1) is 20.4 Å². The van der Waals surface area contributed by atoms with E-state index in [0.29, 0.717) is 112 Å². The van der Waals surface area contributed by atoms with Gasteiger partial charge in [0.15, 0.2) is 11.6 Å². The smallest absolute Gasteiger partial charge is 0.317 e. The molecule has 3 fully saturated rings. The molecule has 0 aliphatic carbocycles. The van der Waals surface area contributed by atoms with Crippen molar-refractivity contribution in [1.29, 1.82) is 0 Å². The number of likely N-dealkylation sites (tertiary alicyclic amines) is 2. The summed E-state index contributed by atoms with van der Waals surface area (Å²) < 4.78 is 38.4. The van der Waals surface area contributed by atoms with Crippen molar-refractivity contribution in [3.8, 4) is 68.6 Å². The Morgan fingerprint density at radius 3 is 1.17 bits per heavy atom. The topological polar surface area (TPSA) is 509 Å². The van der Waals surface area contributed by atoms with Crippen molar-refractivity contribution in [2.45, 2.75) is 123 Å². The van der Waals surface area contributed by atoms with Crippen LogP contribution in [0, 0.1) is 36.9 Å². The van der Waals surface area contributed by atoms with Crippen LogP contribution in [0.2, 0.25) is 0 Å². The third kappa shape index (κ3) is 31.3. The summed E-state index contributed by atoms with van der Waals surface area (Å²) in [5.74, 6) is -5.53. The van der Waals surface area contributed by atoms with E-state index in [0.717, 1.165) is 0 Å². The number of nitrogens with one attached hydrogen (secondary N) is 5. The maximum Gasteiger partial charge on any atom is 0.317 e. The van der Waals surface area contributed by atoms with Crippen LogP contribution in [0.15, 0.2) is 72.8 Å². The van der Waals surface area contributed by atoms with E-state index in [4.69, 9.17) is 28.4 Å². The van der Waals surface area contributed by atoms with E-state index >= 15 is 0 Å². The monoisotopic (exact) mass is 1920 g/mol. The summed E-state index contributed by atoms with van der Waals surface area (Å²) in [6.07, 6.45) is 1.06. The van der Waals surface area contributed by atoms with E-state index in [9.17, 15) is 83.7 Å². The van der Waals surface area contributed by atoms with Crippen LogP contribution < -0.4 is 36.1 Å². The molecule has 1 radical (unpaired) electrons. The zero-order valence-corrected chi connectivity index (χ0v) is 73.7. The number of rotatable bonds is 45. The van der Waals surface area contributed by atoms with E-state index in [1.54, 1.807) is 99.0 Å². The Morgan fingerprint density at radius 2 is 0.794 bits per heavy atom. The van der Waals surface area contributed by atoms with Crippen molar-refractivity contribution < 1.29 is 149 Å². The molecular weight excluding hydrogens is 1800 g/mol. The fourth-order valence-electron chi connectivity index (χ4n) is 14.6. The third-order valence-electron chi connectivity index (χ3n) is 21.3. The summed E-state index contributed by atoms with van der Waals surface area (Å²) in [7, 11) is 0.